The third kappa shape index (κ3) is 3.84. The molecule has 0 bridgehead atoms. The Hall–Kier alpha value is -5.06. The van der Waals surface area contributed by atoms with Gasteiger partial charge in [0.1, 0.15) is 28.3 Å². The van der Waals surface area contributed by atoms with Crippen molar-refractivity contribution in [3.05, 3.63) is 83.4 Å². The number of carbonyl (C=O) groups is 4. The maximum absolute atomic E-state index is 13.2. The van der Waals surface area contributed by atoms with E-state index in [0.29, 0.717) is 28.0 Å². The van der Waals surface area contributed by atoms with Gasteiger partial charge in [-0.3, -0.25) is 29.5 Å². The molecule has 190 valence electrons. The van der Waals surface area contributed by atoms with Gasteiger partial charge in [0.25, 0.3) is 11.8 Å². The third-order valence-corrected chi connectivity index (χ3v) is 6.82. The Kier molecular flexibility index (Phi) is 5.41. The molecule has 0 saturated carbocycles. The summed E-state index contributed by atoms with van der Waals surface area (Å²) >= 11 is 0. The first-order valence-electron chi connectivity index (χ1n) is 11.8. The highest BCUT2D eigenvalue weighted by Gasteiger charge is 2.53. The molecule has 0 aliphatic carbocycles. The normalized spacial score (nSPS) is 18.6. The molecule has 38 heavy (non-hydrogen) atoms. The van der Waals surface area contributed by atoms with Crippen molar-refractivity contribution < 1.29 is 28.3 Å². The quantitative estimate of drug-likeness (QED) is 0.376. The summed E-state index contributed by atoms with van der Waals surface area (Å²) in [6.07, 6.45) is 2.83. The maximum Gasteiger partial charge on any atom is 0.258 e. The summed E-state index contributed by atoms with van der Waals surface area (Å²) in [6, 6.07) is 13.3. The van der Waals surface area contributed by atoms with Crippen molar-refractivity contribution in [3.8, 4) is 5.75 Å². The second-order valence-electron chi connectivity index (χ2n) is 9.21. The first kappa shape index (κ1) is 23.3. The number of amides is 4. The Balaban J connectivity index is 1.31. The number of imide groups is 1. The number of anilines is 1. The standard InChI is InChI=1S/C27H21N5O6/c1-37-17-5-4-16-13-32(25(35)18(16)9-17)14-27(11-23(33)31-26(27)36)21-10-19-20(38-21)6-7-22(29-19)30-24(34)15-3-2-8-28-12-15/h2-10,12H,11,13-14H2,1H3,(H,29,30,34)(H,31,33,36)/t27-/m1/s1. The van der Waals surface area contributed by atoms with Gasteiger partial charge in [0.15, 0.2) is 5.58 Å². The van der Waals surface area contributed by atoms with Crippen LogP contribution in [0.2, 0.25) is 0 Å². The molecular weight excluding hydrogens is 490 g/mol. The number of fused-ring (bicyclic) bond motifs is 2. The fourth-order valence-electron chi connectivity index (χ4n) is 4.89. The van der Waals surface area contributed by atoms with Gasteiger partial charge in [-0.2, -0.15) is 0 Å². The van der Waals surface area contributed by atoms with Crippen LogP contribution in [0.25, 0.3) is 11.1 Å². The molecule has 1 saturated heterocycles. The van der Waals surface area contributed by atoms with E-state index >= 15 is 0 Å². The SMILES string of the molecule is COc1ccc2c(c1)C(=O)N(C[C@@]1(c3cc4nc(NC(=O)c5cccnc5)ccc4o3)CC(=O)NC1=O)C2. The van der Waals surface area contributed by atoms with Crippen molar-refractivity contribution in [3.63, 3.8) is 0 Å². The lowest BCUT2D eigenvalue weighted by atomic mass is 9.82. The number of ether oxygens (including phenoxy) is 1. The number of aromatic nitrogens is 2. The zero-order valence-electron chi connectivity index (χ0n) is 20.2. The van der Waals surface area contributed by atoms with Gasteiger partial charge >= 0.3 is 0 Å². The minimum Gasteiger partial charge on any atom is -0.497 e. The van der Waals surface area contributed by atoms with Crippen molar-refractivity contribution >= 4 is 40.5 Å². The summed E-state index contributed by atoms with van der Waals surface area (Å²) in [5.41, 5.74) is 0.985. The molecule has 4 amide bonds. The highest BCUT2D eigenvalue weighted by molar-refractivity contribution is 6.10. The molecule has 2 N–H and O–H groups in total. The van der Waals surface area contributed by atoms with Gasteiger partial charge in [0.05, 0.1) is 19.1 Å². The number of hydrogen-bond acceptors (Lipinski definition) is 8. The topological polar surface area (TPSA) is 144 Å². The largest absolute Gasteiger partial charge is 0.497 e. The lowest BCUT2D eigenvalue weighted by molar-refractivity contribution is -0.127. The van der Waals surface area contributed by atoms with Crippen molar-refractivity contribution in [2.45, 2.75) is 18.4 Å². The average Bonchev–Trinajstić information content (AvgIpc) is 3.57. The Bertz CT molecular complexity index is 1630. The predicted molar refractivity (Wildman–Crippen MR) is 133 cm³/mol. The smallest absolute Gasteiger partial charge is 0.258 e. The van der Waals surface area contributed by atoms with Crippen LogP contribution in [0.4, 0.5) is 5.82 Å². The van der Waals surface area contributed by atoms with E-state index in [1.165, 1.54) is 18.2 Å². The highest BCUT2D eigenvalue weighted by Crippen LogP contribution is 2.39. The van der Waals surface area contributed by atoms with E-state index in [9.17, 15) is 19.2 Å². The molecule has 11 heteroatoms. The zero-order chi connectivity index (χ0) is 26.4. The molecule has 0 unspecified atom stereocenters. The number of pyridine rings is 2. The number of nitrogens with one attached hydrogen (secondary N) is 2. The van der Waals surface area contributed by atoms with Gasteiger partial charge in [-0.1, -0.05) is 6.07 Å². The van der Waals surface area contributed by atoms with Crippen LogP contribution in [0.1, 0.15) is 38.5 Å². The molecule has 0 spiro atoms. The van der Waals surface area contributed by atoms with E-state index in [0.717, 1.165) is 5.56 Å². The number of furan rings is 1. The summed E-state index contributed by atoms with van der Waals surface area (Å²) in [5, 5.41) is 5.07. The van der Waals surface area contributed by atoms with E-state index in [-0.39, 0.29) is 42.9 Å². The monoisotopic (exact) mass is 511 g/mol. The van der Waals surface area contributed by atoms with Crippen LogP contribution in [0, 0.1) is 0 Å². The molecule has 3 aromatic heterocycles. The molecule has 1 fully saturated rings. The predicted octanol–water partition coefficient (Wildman–Crippen LogP) is 2.42. The van der Waals surface area contributed by atoms with Crippen LogP contribution >= 0.6 is 0 Å². The van der Waals surface area contributed by atoms with Crippen molar-refractivity contribution in [2.75, 3.05) is 19.0 Å². The van der Waals surface area contributed by atoms with E-state index in [1.54, 1.807) is 48.7 Å². The van der Waals surface area contributed by atoms with Gasteiger partial charge in [0, 0.05) is 37.1 Å². The summed E-state index contributed by atoms with van der Waals surface area (Å²) in [7, 11) is 1.52. The molecule has 11 nitrogen and oxygen atoms in total. The minimum absolute atomic E-state index is 0.0647. The average molecular weight is 511 g/mol. The molecule has 0 radical (unpaired) electrons. The van der Waals surface area contributed by atoms with Crippen LogP contribution in [0.15, 0.2) is 65.3 Å². The first-order valence-corrected chi connectivity index (χ1v) is 11.8. The van der Waals surface area contributed by atoms with E-state index in [2.05, 4.69) is 20.6 Å². The van der Waals surface area contributed by atoms with Crippen LogP contribution in [0.5, 0.6) is 5.75 Å². The van der Waals surface area contributed by atoms with Crippen LogP contribution in [-0.2, 0) is 21.5 Å². The Morgan fingerprint density at radius 2 is 2.05 bits per heavy atom. The molecule has 2 aliphatic rings. The number of benzene rings is 1. The fourth-order valence-corrected chi connectivity index (χ4v) is 4.89. The van der Waals surface area contributed by atoms with Gasteiger partial charge < -0.3 is 19.4 Å². The summed E-state index contributed by atoms with van der Waals surface area (Å²) in [4.78, 5) is 61.2. The van der Waals surface area contributed by atoms with Gasteiger partial charge in [-0.25, -0.2) is 4.98 Å². The lowest BCUT2D eigenvalue weighted by Gasteiger charge is -2.28. The summed E-state index contributed by atoms with van der Waals surface area (Å²) < 4.78 is 11.3. The van der Waals surface area contributed by atoms with E-state index < -0.39 is 17.2 Å². The number of rotatable bonds is 6. The van der Waals surface area contributed by atoms with Crippen LogP contribution < -0.4 is 15.4 Å². The number of hydrogen-bond donors (Lipinski definition) is 2. The Morgan fingerprint density at radius 3 is 2.79 bits per heavy atom. The van der Waals surface area contributed by atoms with Crippen molar-refractivity contribution in [1.29, 1.82) is 0 Å². The van der Waals surface area contributed by atoms with Gasteiger partial charge in [-0.15, -0.1) is 0 Å². The lowest BCUT2D eigenvalue weighted by Crippen LogP contribution is -2.46. The molecule has 4 aromatic rings. The number of nitrogens with zero attached hydrogens (tertiary/aromatic N) is 3. The minimum atomic E-state index is -1.43. The number of methoxy groups -OCH3 is 1. The van der Waals surface area contributed by atoms with Crippen molar-refractivity contribution in [2.24, 2.45) is 0 Å². The molecule has 6 rings (SSSR count). The van der Waals surface area contributed by atoms with Crippen LogP contribution in [-0.4, -0.2) is 52.2 Å². The Morgan fingerprint density at radius 1 is 1.18 bits per heavy atom. The molecule has 2 aliphatic heterocycles. The number of carbonyl (C=O) groups excluding carboxylic acids is 4. The van der Waals surface area contributed by atoms with Gasteiger partial charge in [0.2, 0.25) is 11.8 Å². The van der Waals surface area contributed by atoms with Crippen molar-refractivity contribution in [1.82, 2.24) is 20.2 Å². The summed E-state index contributed by atoms with van der Waals surface area (Å²) in [6.45, 7) is 0.217. The molecule has 1 atom stereocenters. The van der Waals surface area contributed by atoms with Gasteiger partial charge in [-0.05, 0) is 42.0 Å². The zero-order valence-corrected chi connectivity index (χ0v) is 20.2. The van der Waals surface area contributed by atoms with E-state index in [1.807, 2.05) is 6.07 Å². The molecule has 5 heterocycles. The highest BCUT2D eigenvalue weighted by atomic mass is 16.5. The van der Waals surface area contributed by atoms with Crippen LogP contribution in [0.3, 0.4) is 0 Å². The molecule has 1 aromatic carbocycles. The maximum atomic E-state index is 13.2. The molecular formula is C27H21N5O6. The summed E-state index contributed by atoms with van der Waals surface area (Å²) in [5.74, 6) is -0.613. The second-order valence-corrected chi connectivity index (χ2v) is 9.21. The first-order chi connectivity index (χ1) is 18.4. The second kappa shape index (κ2) is 8.80. The third-order valence-electron chi connectivity index (χ3n) is 6.82. The Labute approximate surface area is 215 Å². The van der Waals surface area contributed by atoms with E-state index in [4.69, 9.17) is 9.15 Å². The fraction of sp³-hybridized carbons (Fsp3) is 0.185.